The molecule has 0 atom stereocenters. The van der Waals surface area contributed by atoms with Gasteiger partial charge < -0.3 is 4.74 Å². The van der Waals surface area contributed by atoms with Crippen LogP contribution >= 0.6 is 0 Å². The minimum absolute atomic E-state index is 0.195. The van der Waals surface area contributed by atoms with Crippen LogP contribution < -0.4 is 0 Å². The first-order valence-corrected chi connectivity index (χ1v) is 5.20. The van der Waals surface area contributed by atoms with E-state index in [4.69, 9.17) is 4.74 Å². The lowest BCUT2D eigenvalue weighted by Crippen LogP contribution is -1.99. The monoisotopic (exact) mass is 196 g/mol. The summed E-state index contributed by atoms with van der Waals surface area (Å²) in [4.78, 5) is 10.4. The number of rotatable bonds is 7. The molecule has 2 nitrogen and oxygen atoms in total. The van der Waals surface area contributed by atoms with Crippen LogP contribution in [0.15, 0.2) is 24.3 Å². The van der Waals surface area contributed by atoms with Crippen molar-refractivity contribution in [1.29, 1.82) is 0 Å². The molecule has 0 N–H and O–H groups in total. The summed E-state index contributed by atoms with van der Waals surface area (Å²) in [7, 11) is 0. The Hall–Kier alpha value is -1.05. The van der Waals surface area contributed by atoms with E-state index in [1.807, 2.05) is 0 Å². The number of hydrogen-bond acceptors (Lipinski definition) is 2. The molecule has 2 heteroatoms. The van der Waals surface area contributed by atoms with Crippen LogP contribution in [0.1, 0.15) is 39.5 Å². The van der Waals surface area contributed by atoms with Crippen LogP contribution in [-0.2, 0) is 9.53 Å². The highest BCUT2D eigenvalue weighted by molar-refractivity contribution is 5.65. The summed E-state index contributed by atoms with van der Waals surface area (Å²) in [5.74, 6) is -0.195. The van der Waals surface area contributed by atoms with Gasteiger partial charge in [-0.2, -0.15) is 0 Å². The average Bonchev–Trinajstić information content (AvgIpc) is 2.15. The van der Waals surface area contributed by atoms with Gasteiger partial charge in [0.25, 0.3) is 0 Å². The molecule has 0 aliphatic rings. The van der Waals surface area contributed by atoms with Gasteiger partial charge in [0.2, 0.25) is 0 Å². The van der Waals surface area contributed by atoms with Crippen molar-refractivity contribution in [2.24, 2.45) is 0 Å². The van der Waals surface area contributed by atoms with Gasteiger partial charge in [0.1, 0.15) is 0 Å². The predicted octanol–water partition coefficient (Wildman–Crippen LogP) is 3.24. The zero-order valence-corrected chi connectivity index (χ0v) is 9.16. The second-order valence-corrected chi connectivity index (χ2v) is 3.07. The maximum atomic E-state index is 10.4. The highest BCUT2D eigenvalue weighted by Crippen LogP contribution is 1.95. The second-order valence-electron chi connectivity index (χ2n) is 3.07. The van der Waals surface area contributed by atoms with Gasteiger partial charge in [-0.05, 0) is 25.7 Å². The Bertz CT molecular complexity index is 192. The summed E-state index contributed by atoms with van der Waals surface area (Å²) in [5, 5.41) is 0. The van der Waals surface area contributed by atoms with E-state index in [1.165, 1.54) is 6.92 Å². The number of unbranched alkanes of at least 4 members (excludes halogenated alkanes) is 1. The van der Waals surface area contributed by atoms with Gasteiger partial charge >= 0.3 is 5.97 Å². The number of allylic oxidation sites excluding steroid dienone is 4. The number of esters is 1. The van der Waals surface area contributed by atoms with Gasteiger partial charge in [-0.15, -0.1) is 0 Å². The maximum absolute atomic E-state index is 10.4. The van der Waals surface area contributed by atoms with Crippen LogP contribution in [-0.4, -0.2) is 12.6 Å². The van der Waals surface area contributed by atoms with Crippen molar-refractivity contribution in [2.75, 3.05) is 6.61 Å². The summed E-state index contributed by atoms with van der Waals surface area (Å²) in [6, 6.07) is 0. The van der Waals surface area contributed by atoms with Gasteiger partial charge in [-0.1, -0.05) is 31.2 Å². The second kappa shape index (κ2) is 10.0. The van der Waals surface area contributed by atoms with E-state index >= 15 is 0 Å². The molecule has 0 aromatic carbocycles. The van der Waals surface area contributed by atoms with Crippen LogP contribution in [0.25, 0.3) is 0 Å². The van der Waals surface area contributed by atoms with Crippen molar-refractivity contribution in [3.63, 3.8) is 0 Å². The molecule has 0 aliphatic carbocycles. The predicted molar refractivity (Wildman–Crippen MR) is 59.1 cm³/mol. The largest absolute Gasteiger partial charge is 0.466 e. The Kier molecular flexibility index (Phi) is 9.28. The molecule has 14 heavy (non-hydrogen) atoms. The summed E-state index contributed by atoms with van der Waals surface area (Å²) in [5.41, 5.74) is 0. The van der Waals surface area contributed by atoms with Crippen molar-refractivity contribution >= 4 is 5.97 Å². The summed E-state index contributed by atoms with van der Waals surface area (Å²) < 4.78 is 4.80. The number of hydrogen-bond donors (Lipinski definition) is 0. The molecule has 0 rings (SSSR count). The topological polar surface area (TPSA) is 26.3 Å². The number of carbonyl (C=O) groups is 1. The van der Waals surface area contributed by atoms with E-state index < -0.39 is 0 Å². The fourth-order valence-corrected chi connectivity index (χ4v) is 0.973. The molecule has 0 saturated heterocycles. The van der Waals surface area contributed by atoms with Crippen molar-refractivity contribution in [1.82, 2.24) is 0 Å². The maximum Gasteiger partial charge on any atom is 0.302 e. The molecule has 0 spiro atoms. The third-order valence-electron chi connectivity index (χ3n) is 1.66. The highest BCUT2D eigenvalue weighted by Gasteiger charge is 1.89. The Morgan fingerprint density at radius 3 is 2.57 bits per heavy atom. The molecule has 0 fully saturated rings. The molecule has 0 heterocycles. The number of carbonyl (C=O) groups excluding carboxylic acids is 1. The zero-order chi connectivity index (χ0) is 10.6. The molecule has 0 aromatic heterocycles. The molecule has 0 saturated carbocycles. The molecule has 0 amide bonds. The highest BCUT2D eigenvalue weighted by atomic mass is 16.5. The Morgan fingerprint density at radius 2 is 1.93 bits per heavy atom. The third-order valence-corrected chi connectivity index (χ3v) is 1.66. The summed E-state index contributed by atoms with van der Waals surface area (Å²) in [6.07, 6.45) is 12.6. The van der Waals surface area contributed by atoms with E-state index in [0.717, 1.165) is 25.7 Å². The molecule has 0 bridgehead atoms. The van der Waals surface area contributed by atoms with E-state index in [1.54, 1.807) is 0 Å². The van der Waals surface area contributed by atoms with Crippen molar-refractivity contribution < 1.29 is 9.53 Å². The van der Waals surface area contributed by atoms with Crippen LogP contribution in [0.2, 0.25) is 0 Å². The lowest BCUT2D eigenvalue weighted by atomic mass is 10.2. The van der Waals surface area contributed by atoms with E-state index in [-0.39, 0.29) is 5.97 Å². The lowest BCUT2D eigenvalue weighted by Gasteiger charge is -1.97. The molecular formula is C12H20O2. The van der Waals surface area contributed by atoms with Crippen LogP contribution in [0.5, 0.6) is 0 Å². The van der Waals surface area contributed by atoms with E-state index in [9.17, 15) is 4.79 Å². The first-order chi connectivity index (χ1) is 6.77. The third kappa shape index (κ3) is 11.0. The Labute approximate surface area is 86.6 Å². The fourth-order valence-electron chi connectivity index (χ4n) is 0.973. The van der Waals surface area contributed by atoms with Gasteiger partial charge in [-0.25, -0.2) is 0 Å². The average molecular weight is 196 g/mol. The van der Waals surface area contributed by atoms with Gasteiger partial charge in [0.05, 0.1) is 6.61 Å². The quantitative estimate of drug-likeness (QED) is 0.355. The molecule has 80 valence electrons. The minimum Gasteiger partial charge on any atom is -0.466 e. The molecule has 0 unspecified atom stereocenters. The van der Waals surface area contributed by atoms with Gasteiger partial charge in [0.15, 0.2) is 0 Å². The minimum atomic E-state index is -0.195. The summed E-state index contributed by atoms with van der Waals surface area (Å²) in [6.45, 7) is 4.09. The van der Waals surface area contributed by atoms with E-state index in [0.29, 0.717) is 6.61 Å². The fraction of sp³-hybridized carbons (Fsp3) is 0.583. The molecular weight excluding hydrogens is 176 g/mol. The normalized spacial score (nSPS) is 11.3. The molecule has 0 aromatic rings. The van der Waals surface area contributed by atoms with E-state index in [2.05, 4.69) is 31.2 Å². The lowest BCUT2D eigenvalue weighted by molar-refractivity contribution is -0.141. The molecule has 0 aliphatic heterocycles. The molecule has 0 radical (unpaired) electrons. The Balaban J connectivity index is 3.18. The summed E-state index contributed by atoms with van der Waals surface area (Å²) >= 11 is 0. The number of ether oxygens (including phenoxy) is 1. The van der Waals surface area contributed by atoms with Gasteiger partial charge in [-0.3, -0.25) is 4.79 Å². The standard InChI is InChI=1S/C12H20O2/c1-3-4-5-6-7-8-9-10-11-14-12(2)13/h4-5,7-8H,3,6,9-11H2,1-2H3. The first-order valence-electron chi connectivity index (χ1n) is 5.20. The SMILES string of the molecule is CCC=CCC=CCCCOC(C)=O. The smallest absolute Gasteiger partial charge is 0.302 e. The van der Waals surface area contributed by atoms with Crippen LogP contribution in [0, 0.1) is 0 Å². The first kappa shape index (κ1) is 12.9. The van der Waals surface area contributed by atoms with Crippen LogP contribution in [0.4, 0.5) is 0 Å². The van der Waals surface area contributed by atoms with Crippen molar-refractivity contribution in [3.05, 3.63) is 24.3 Å². The van der Waals surface area contributed by atoms with Crippen molar-refractivity contribution in [2.45, 2.75) is 39.5 Å². The van der Waals surface area contributed by atoms with Crippen LogP contribution in [0.3, 0.4) is 0 Å². The zero-order valence-electron chi connectivity index (χ0n) is 9.16. The van der Waals surface area contributed by atoms with Gasteiger partial charge in [0, 0.05) is 6.92 Å². The van der Waals surface area contributed by atoms with Crippen molar-refractivity contribution in [3.8, 4) is 0 Å². The Morgan fingerprint density at radius 1 is 1.21 bits per heavy atom.